The molecule has 0 atom stereocenters. The van der Waals surface area contributed by atoms with Gasteiger partial charge in [-0.15, -0.1) is 0 Å². The van der Waals surface area contributed by atoms with Crippen LogP contribution < -0.4 is 10.6 Å². The van der Waals surface area contributed by atoms with Crippen molar-refractivity contribution in [3.63, 3.8) is 0 Å². The van der Waals surface area contributed by atoms with Gasteiger partial charge in [0.05, 0.1) is 4.47 Å². The largest absolute Gasteiger partial charge is 0.365 e. The van der Waals surface area contributed by atoms with Gasteiger partial charge in [-0.2, -0.15) is 0 Å². The Labute approximate surface area is 98.6 Å². The zero-order valence-corrected chi connectivity index (χ0v) is 10.8. The van der Waals surface area contributed by atoms with E-state index < -0.39 is 0 Å². The molecular formula is C7H7Br2N3S. The maximum Gasteiger partial charge on any atom is 0.171 e. The predicted octanol–water partition coefficient (Wildman–Crippen LogP) is 2.52. The highest BCUT2D eigenvalue weighted by Gasteiger charge is 2.02. The standard InChI is InChI=1S/C7H7Br2N3S/c1-10-7(13)12-6-5(9)2-4(8)3-11-6/h2-3H,1H3,(H2,10,11,12,13). The van der Waals surface area contributed by atoms with Gasteiger partial charge in [0.25, 0.3) is 0 Å². The van der Waals surface area contributed by atoms with Crippen LogP contribution in [0.15, 0.2) is 21.2 Å². The molecule has 6 heteroatoms. The van der Waals surface area contributed by atoms with Gasteiger partial charge in [-0.25, -0.2) is 4.98 Å². The van der Waals surface area contributed by atoms with Crippen molar-refractivity contribution in [1.29, 1.82) is 0 Å². The normalized spacial score (nSPS) is 9.46. The van der Waals surface area contributed by atoms with Crippen molar-refractivity contribution in [2.75, 3.05) is 12.4 Å². The minimum absolute atomic E-state index is 0.538. The lowest BCUT2D eigenvalue weighted by Gasteiger charge is -2.07. The lowest BCUT2D eigenvalue weighted by Crippen LogP contribution is -2.24. The van der Waals surface area contributed by atoms with Crippen LogP contribution in [0.5, 0.6) is 0 Å². The maximum atomic E-state index is 4.93. The van der Waals surface area contributed by atoms with Crippen LogP contribution in [-0.2, 0) is 0 Å². The monoisotopic (exact) mass is 323 g/mol. The van der Waals surface area contributed by atoms with E-state index >= 15 is 0 Å². The molecule has 1 rings (SSSR count). The Hall–Kier alpha value is -0.200. The summed E-state index contributed by atoms with van der Waals surface area (Å²) >= 11 is 11.6. The topological polar surface area (TPSA) is 37.0 Å². The summed E-state index contributed by atoms with van der Waals surface area (Å²) in [5.41, 5.74) is 0. The number of anilines is 1. The summed E-state index contributed by atoms with van der Waals surface area (Å²) in [6, 6.07) is 1.90. The number of aromatic nitrogens is 1. The van der Waals surface area contributed by atoms with Crippen LogP contribution in [0.4, 0.5) is 5.82 Å². The van der Waals surface area contributed by atoms with Gasteiger partial charge in [0.1, 0.15) is 5.82 Å². The average Bonchev–Trinajstić information content (AvgIpc) is 2.09. The summed E-state index contributed by atoms with van der Waals surface area (Å²) in [6.45, 7) is 0. The summed E-state index contributed by atoms with van der Waals surface area (Å²) in [5, 5.41) is 6.27. The first-order valence-electron chi connectivity index (χ1n) is 3.43. The van der Waals surface area contributed by atoms with Crippen LogP contribution in [0.25, 0.3) is 0 Å². The molecule has 1 aromatic heterocycles. The molecule has 0 saturated heterocycles. The Kier molecular flexibility index (Phi) is 4.08. The van der Waals surface area contributed by atoms with Gasteiger partial charge < -0.3 is 10.6 Å². The number of hydrogen-bond acceptors (Lipinski definition) is 2. The van der Waals surface area contributed by atoms with Crippen LogP contribution in [0.3, 0.4) is 0 Å². The molecule has 13 heavy (non-hydrogen) atoms. The molecule has 70 valence electrons. The van der Waals surface area contributed by atoms with Crippen LogP contribution in [-0.4, -0.2) is 17.1 Å². The Morgan fingerprint density at radius 2 is 2.23 bits per heavy atom. The van der Waals surface area contributed by atoms with Crippen LogP contribution >= 0.6 is 44.1 Å². The van der Waals surface area contributed by atoms with Gasteiger partial charge in [-0.05, 0) is 50.1 Å². The quantitative estimate of drug-likeness (QED) is 0.778. The lowest BCUT2D eigenvalue weighted by molar-refractivity contribution is 1.18. The molecule has 0 aliphatic rings. The minimum atomic E-state index is 0.538. The van der Waals surface area contributed by atoms with E-state index in [9.17, 15) is 0 Å². The molecular weight excluding hydrogens is 318 g/mol. The van der Waals surface area contributed by atoms with Gasteiger partial charge >= 0.3 is 0 Å². The number of halogens is 2. The summed E-state index contributed by atoms with van der Waals surface area (Å²) < 4.78 is 1.78. The van der Waals surface area contributed by atoms with E-state index in [0.717, 1.165) is 8.95 Å². The second-order valence-corrected chi connectivity index (χ2v) is 4.37. The second kappa shape index (κ2) is 4.88. The fourth-order valence-corrected chi connectivity index (χ4v) is 1.86. The minimum Gasteiger partial charge on any atom is -0.365 e. The van der Waals surface area contributed by atoms with Crippen LogP contribution in [0.2, 0.25) is 0 Å². The number of thiocarbonyl (C=S) groups is 1. The molecule has 0 aromatic carbocycles. The van der Waals surface area contributed by atoms with Gasteiger partial charge in [-0.3, -0.25) is 0 Å². The summed E-state index contributed by atoms with van der Waals surface area (Å²) in [4.78, 5) is 4.13. The molecule has 0 radical (unpaired) electrons. The third-order valence-corrected chi connectivity index (χ3v) is 2.61. The fraction of sp³-hybridized carbons (Fsp3) is 0.143. The highest BCUT2D eigenvalue weighted by Crippen LogP contribution is 2.23. The zero-order valence-electron chi connectivity index (χ0n) is 6.77. The SMILES string of the molecule is CNC(=S)Nc1ncc(Br)cc1Br. The summed E-state index contributed by atoms with van der Waals surface area (Å²) in [6.07, 6.45) is 1.70. The van der Waals surface area contributed by atoms with Crippen LogP contribution in [0.1, 0.15) is 0 Å². The van der Waals surface area contributed by atoms with Gasteiger partial charge in [0.2, 0.25) is 0 Å². The number of rotatable bonds is 1. The Morgan fingerprint density at radius 3 is 2.77 bits per heavy atom. The number of pyridine rings is 1. The van der Waals surface area contributed by atoms with Crippen molar-refractivity contribution in [3.05, 3.63) is 21.2 Å². The van der Waals surface area contributed by atoms with Gasteiger partial charge in [0.15, 0.2) is 5.11 Å². The predicted molar refractivity (Wildman–Crippen MR) is 64.9 cm³/mol. The van der Waals surface area contributed by atoms with Gasteiger partial charge in [-0.1, -0.05) is 0 Å². The van der Waals surface area contributed by atoms with E-state index in [2.05, 4.69) is 47.5 Å². The van der Waals surface area contributed by atoms with E-state index in [4.69, 9.17) is 12.2 Å². The Morgan fingerprint density at radius 1 is 1.54 bits per heavy atom. The number of hydrogen-bond donors (Lipinski definition) is 2. The molecule has 1 heterocycles. The molecule has 0 fully saturated rings. The summed E-state index contributed by atoms with van der Waals surface area (Å²) in [5.74, 6) is 0.697. The smallest absolute Gasteiger partial charge is 0.171 e. The molecule has 1 aromatic rings. The molecule has 0 bridgehead atoms. The van der Waals surface area contributed by atoms with Crippen LogP contribution in [0, 0.1) is 0 Å². The van der Waals surface area contributed by atoms with E-state index in [1.807, 2.05) is 6.07 Å². The Bertz CT molecular complexity index is 330. The lowest BCUT2D eigenvalue weighted by atomic mass is 10.5. The second-order valence-electron chi connectivity index (χ2n) is 2.19. The highest BCUT2D eigenvalue weighted by molar-refractivity contribution is 9.11. The van der Waals surface area contributed by atoms with E-state index in [1.54, 1.807) is 13.2 Å². The molecule has 0 spiro atoms. The zero-order chi connectivity index (χ0) is 9.84. The van der Waals surface area contributed by atoms with Crippen molar-refractivity contribution in [1.82, 2.24) is 10.3 Å². The molecule has 0 aliphatic carbocycles. The Balaban J connectivity index is 2.83. The van der Waals surface area contributed by atoms with Crippen molar-refractivity contribution in [3.8, 4) is 0 Å². The number of nitrogens with one attached hydrogen (secondary N) is 2. The van der Waals surface area contributed by atoms with Crippen molar-refractivity contribution in [2.45, 2.75) is 0 Å². The van der Waals surface area contributed by atoms with Crippen molar-refractivity contribution < 1.29 is 0 Å². The molecule has 2 N–H and O–H groups in total. The van der Waals surface area contributed by atoms with Crippen molar-refractivity contribution in [2.24, 2.45) is 0 Å². The third kappa shape index (κ3) is 3.21. The molecule has 0 unspecified atom stereocenters. The highest BCUT2D eigenvalue weighted by atomic mass is 79.9. The first-order valence-corrected chi connectivity index (χ1v) is 5.42. The molecule has 0 aliphatic heterocycles. The summed E-state index contributed by atoms with van der Waals surface area (Å²) in [7, 11) is 1.75. The first kappa shape index (κ1) is 10.9. The fourth-order valence-electron chi connectivity index (χ4n) is 0.677. The molecule has 0 amide bonds. The maximum absolute atomic E-state index is 4.93. The van der Waals surface area contributed by atoms with E-state index in [-0.39, 0.29) is 0 Å². The number of nitrogens with zero attached hydrogens (tertiary/aromatic N) is 1. The molecule has 0 saturated carbocycles. The van der Waals surface area contributed by atoms with E-state index in [0.29, 0.717) is 10.9 Å². The third-order valence-electron chi connectivity index (χ3n) is 1.27. The first-order chi connectivity index (χ1) is 6.13. The van der Waals surface area contributed by atoms with Gasteiger partial charge in [0, 0.05) is 17.7 Å². The molecule has 3 nitrogen and oxygen atoms in total. The average molecular weight is 325 g/mol. The van der Waals surface area contributed by atoms with Crippen molar-refractivity contribution >= 4 is 55.0 Å². The van der Waals surface area contributed by atoms with E-state index in [1.165, 1.54) is 0 Å².